The first-order valence-electron chi connectivity index (χ1n) is 12.4. The molecule has 3 aromatic heterocycles. The molecule has 5 heterocycles. The number of aromatic nitrogens is 5. The standard InChI is InChI=1S/C24H25F4N7O2/c1-36-23-22-21(13-2-3-18-19(6-13)34(12-29-18)9-20(27)28)16(26)8-35(22)32-24(31-23)30-17-4-5-33(7-15(17)25)14-10-37-11-14/h2-3,6,8,12,14-15,17,20H,4-5,7,9-11H2,1H3,(H,30,32)/t15-,17+/m1/s1/i14D. The predicted molar refractivity (Wildman–Crippen MR) is 127 cm³/mol. The van der Waals surface area contributed by atoms with Gasteiger partial charge in [0.25, 0.3) is 6.43 Å². The Labute approximate surface area is 210 Å². The van der Waals surface area contributed by atoms with E-state index in [4.69, 9.17) is 10.8 Å². The molecule has 2 saturated heterocycles. The molecule has 0 radical (unpaired) electrons. The Morgan fingerprint density at radius 2 is 2.16 bits per heavy atom. The average Bonchev–Trinajstić information content (AvgIpc) is 3.42. The smallest absolute Gasteiger partial charge is 0.256 e. The van der Waals surface area contributed by atoms with Gasteiger partial charge in [0.05, 0.1) is 69.4 Å². The Morgan fingerprint density at radius 1 is 1.32 bits per heavy atom. The van der Waals surface area contributed by atoms with Crippen molar-refractivity contribution in [3.63, 3.8) is 0 Å². The number of methoxy groups -OCH3 is 1. The lowest BCUT2D eigenvalue weighted by Crippen LogP contribution is -2.57. The van der Waals surface area contributed by atoms with E-state index in [1.807, 2.05) is 0 Å². The Kier molecular flexibility index (Phi) is 5.80. The van der Waals surface area contributed by atoms with Gasteiger partial charge in [0.2, 0.25) is 11.8 Å². The van der Waals surface area contributed by atoms with Crippen LogP contribution in [-0.2, 0) is 11.3 Å². The van der Waals surface area contributed by atoms with Gasteiger partial charge in [-0.15, -0.1) is 5.10 Å². The van der Waals surface area contributed by atoms with Crippen molar-refractivity contribution in [3.05, 3.63) is 36.5 Å². The molecule has 0 amide bonds. The Hall–Kier alpha value is -3.45. The maximum absolute atomic E-state index is 15.3. The van der Waals surface area contributed by atoms with Crippen LogP contribution >= 0.6 is 0 Å². The molecule has 0 bridgehead atoms. The van der Waals surface area contributed by atoms with Crippen LogP contribution in [0.1, 0.15) is 7.79 Å². The number of halogens is 4. The second-order valence-corrected chi connectivity index (χ2v) is 9.14. The molecule has 0 unspecified atom stereocenters. The molecular formula is C24H25F4N7O2. The topological polar surface area (TPSA) is 81.7 Å². The van der Waals surface area contributed by atoms with Crippen LogP contribution < -0.4 is 10.1 Å². The number of anilines is 1. The number of hydrogen-bond acceptors (Lipinski definition) is 7. The van der Waals surface area contributed by atoms with Crippen molar-refractivity contribution in [2.24, 2.45) is 0 Å². The van der Waals surface area contributed by atoms with Crippen LogP contribution in [0.5, 0.6) is 5.88 Å². The monoisotopic (exact) mass is 520 g/mol. The molecular weight excluding hydrogens is 494 g/mol. The van der Waals surface area contributed by atoms with Crippen molar-refractivity contribution in [1.82, 2.24) is 29.0 Å². The predicted octanol–water partition coefficient (Wildman–Crippen LogP) is 3.38. The van der Waals surface area contributed by atoms with Crippen LogP contribution in [0.25, 0.3) is 27.7 Å². The highest BCUT2D eigenvalue weighted by Crippen LogP contribution is 2.35. The third-order valence-electron chi connectivity index (χ3n) is 6.83. The first-order valence-corrected chi connectivity index (χ1v) is 11.9. The highest BCUT2D eigenvalue weighted by atomic mass is 19.3. The van der Waals surface area contributed by atoms with Gasteiger partial charge in [-0.3, -0.25) is 4.90 Å². The van der Waals surface area contributed by atoms with Gasteiger partial charge in [0, 0.05) is 13.1 Å². The van der Waals surface area contributed by atoms with E-state index >= 15 is 8.78 Å². The van der Waals surface area contributed by atoms with Crippen molar-refractivity contribution < 1.29 is 28.4 Å². The largest absolute Gasteiger partial charge is 0.479 e. The lowest BCUT2D eigenvalue weighted by molar-refractivity contribution is -0.0794. The molecule has 2 aliphatic rings. The summed E-state index contributed by atoms with van der Waals surface area (Å²) < 4.78 is 77.8. The van der Waals surface area contributed by atoms with E-state index in [-0.39, 0.29) is 42.7 Å². The van der Waals surface area contributed by atoms with E-state index in [9.17, 15) is 8.78 Å². The van der Waals surface area contributed by atoms with Gasteiger partial charge in [0.15, 0.2) is 5.82 Å². The number of benzene rings is 1. The number of rotatable bonds is 7. The molecule has 9 nitrogen and oxygen atoms in total. The zero-order chi connectivity index (χ0) is 26.6. The van der Waals surface area contributed by atoms with E-state index in [0.29, 0.717) is 29.6 Å². The quantitative estimate of drug-likeness (QED) is 0.374. The van der Waals surface area contributed by atoms with Crippen LogP contribution in [0.3, 0.4) is 0 Å². The van der Waals surface area contributed by atoms with Crippen molar-refractivity contribution in [3.8, 4) is 17.0 Å². The summed E-state index contributed by atoms with van der Waals surface area (Å²) in [5.74, 6) is -0.489. The average molecular weight is 521 g/mol. The number of ether oxygens (including phenoxy) is 2. The van der Waals surface area contributed by atoms with E-state index in [2.05, 4.69) is 20.4 Å². The number of alkyl halides is 3. The van der Waals surface area contributed by atoms with E-state index < -0.39 is 37.0 Å². The fourth-order valence-electron chi connectivity index (χ4n) is 4.90. The van der Waals surface area contributed by atoms with Gasteiger partial charge in [-0.25, -0.2) is 27.1 Å². The second-order valence-electron chi connectivity index (χ2n) is 9.14. The second kappa shape index (κ2) is 9.45. The Bertz CT molecular complexity index is 1490. The fourth-order valence-corrected chi connectivity index (χ4v) is 4.90. The summed E-state index contributed by atoms with van der Waals surface area (Å²) >= 11 is 0. The number of nitrogens with one attached hydrogen (secondary N) is 1. The molecule has 0 spiro atoms. The number of imidazole rings is 1. The summed E-state index contributed by atoms with van der Waals surface area (Å²) in [4.78, 5) is 10.3. The molecule has 196 valence electrons. The van der Waals surface area contributed by atoms with Crippen LogP contribution in [0.4, 0.5) is 23.5 Å². The summed E-state index contributed by atoms with van der Waals surface area (Å²) in [5.41, 5.74) is 1.73. The third kappa shape index (κ3) is 4.35. The molecule has 2 aliphatic heterocycles. The van der Waals surface area contributed by atoms with Gasteiger partial charge in [-0.1, -0.05) is 6.07 Å². The zero-order valence-electron chi connectivity index (χ0n) is 20.9. The summed E-state index contributed by atoms with van der Waals surface area (Å²) in [6.07, 6.45) is -0.944. The molecule has 6 rings (SSSR count). The maximum Gasteiger partial charge on any atom is 0.256 e. The van der Waals surface area contributed by atoms with E-state index in [1.165, 1.54) is 22.5 Å². The van der Waals surface area contributed by atoms with Crippen molar-refractivity contribution >= 4 is 22.5 Å². The zero-order valence-corrected chi connectivity index (χ0v) is 19.9. The minimum absolute atomic E-state index is 0.0622. The first-order chi connectivity index (χ1) is 18.3. The van der Waals surface area contributed by atoms with Gasteiger partial charge in [-0.2, -0.15) is 4.98 Å². The Balaban J connectivity index is 1.31. The van der Waals surface area contributed by atoms with Crippen molar-refractivity contribution in [2.75, 3.05) is 38.7 Å². The van der Waals surface area contributed by atoms with Gasteiger partial charge < -0.3 is 19.4 Å². The highest BCUT2D eigenvalue weighted by molar-refractivity contribution is 5.90. The molecule has 0 aliphatic carbocycles. The van der Waals surface area contributed by atoms with Gasteiger partial charge in [0.1, 0.15) is 11.7 Å². The molecule has 2 atom stereocenters. The molecule has 1 aromatic carbocycles. The molecule has 13 heteroatoms. The van der Waals surface area contributed by atoms with Crippen molar-refractivity contribution in [2.45, 2.75) is 37.6 Å². The minimum atomic E-state index is -2.57. The minimum Gasteiger partial charge on any atom is -0.479 e. The van der Waals surface area contributed by atoms with E-state index in [1.54, 1.807) is 23.1 Å². The van der Waals surface area contributed by atoms with Crippen LogP contribution in [0.15, 0.2) is 30.7 Å². The number of piperidine rings is 1. The fraction of sp³-hybridized carbons (Fsp3) is 0.458. The normalized spacial score (nSPS) is 22.4. The lowest BCUT2D eigenvalue weighted by Gasteiger charge is -2.42. The number of nitrogens with zero attached hydrogens (tertiary/aromatic N) is 6. The summed E-state index contributed by atoms with van der Waals surface area (Å²) in [7, 11) is 1.38. The molecule has 0 saturated carbocycles. The van der Waals surface area contributed by atoms with Crippen LogP contribution in [-0.4, -0.2) is 87.1 Å². The highest BCUT2D eigenvalue weighted by Gasteiger charge is 2.36. The number of fused-ring (bicyclic) bond motifs is 2. The van der Waals surface area contributed by atoms with E-state index in [0.717, 1.165) is 6.20 Å². The number of likely N-dealkylation sites (tertiary alicyclic amines) is 1. The lowest BCUT2D eigenvalue weighted by atomic mass is 10.0. The van der Waals surface area contributed by atoms with Crippen molar-refractivity contribution in [1.29, 1.82) is 0 Å². The van der Waals surface area contributed by atoms with Crippen LogP contribution in [0.2, 0.25) is 0 Å². The SMILES string of the molecule is [2H]C1(N2CC[C@H](Nc3nc(OC)c4c(-c5ccc6ncn(CC(F)F)c6c5)c(F)cn4n3)[C@H](F)C2)COC1. The summed E-state index contributed by atoms with van der Waals surface area (Å²) in [5, 5.41) is 7.34. The Morgan fingerprint density at radius 3 is 2.86 bits per heavy atom. The molecule has 37 heavy (non-hydrogen) atoms. The van der Waals surface area contributed by atoms with Crippen LogP contribution in [0, 0.1) is 5.82 Å². The summed E-state index contributed by atoms with van der Waals surface area (Å²) in [6.45, 7) is 0.579. The molecule has 2 fully saturated rings. The third-order valence-corrected chi connectivity index (χ3v) is 6.83. The molecule has 4 aromatic rings. The molecule has 1 N–H and O–H groups in total. The maximum atomic E-state index is 15.3. The number of hydrogen-bond donors (Lipinski definition) is 1. The van der Waals surface area contributed by atoms with Gasteiger partial charge in [-0.05, 0) is 24.1 Å². The van der Waals surface area contributed by atoms with Gasteiger partial charge >= 0.3 is 0 Å². The first kappa shape index (κ1) is 22.7. The summed E-state index contributed by atoms with van der Waals surface area (Å²) in [6, 6.07) is 3.37.